The predicted octanol–water partition coefficient (Wildman–Crippen LogP) is 1.36. The van der Waals surface area contributed by atoms with Crippen LogP contribution < -0.4 is 11.1 Å². The van der Waals surface area contributed by atoms with Crippen molar-refractivity contribution in [2.75, 3.05) is 19.4 Å². The topological polar surface area (TPSA) is 131 Å². The van der Waals surface area contributed by atoms with Crippen molar-refractivity contribution in [1.29, 1.82) is 0 Å². The lowest BCUT2D eigenvalue weighted by Gasteiger charge is -2.21. The molecule has 0 spiro atoms. The first-order valence-electron chi connectivity index (χ1n) is 7.85. The molecule has 2 unspecified atom stereocenters. The van der Waals surface area contributed by atoms with Crippen molar-refractivity contribution < 1.29 is 29.3 Å². The molecular weight excluding hydrogens is 328 g/mol. The van der Waals surface area contributed by atoms with Crippen molar-refractivity contribution >= 4 is 17.7 Å². The fraction of sp³-hybridized carbons (Fsp3) is 0.529. The number of carbonyl (C=O) groups excluding carboxylic acids is 2. The highest BCUT2D eigenvalue weighted by atomic mass is 16.6. The molecule has 25 heavy (non-hydrogen) atoms. The minimum absolute atomic E-state index is 0.0861. The standard InChI is InChI=1S/C17H26N2O6/c1-17(2,3)25-16(23)19-6-5-13(20)14(21)10-7-11(15(22)24-4)9-12(18)8-10/h7-9,13-14,20-21H,5-6,18H2,1-4H3,(H,19,23). The number of hydrogen-bond acceptors (Lipinski definition) is 7. The van der Waals surface area contributed by atoms with Gasteiger partial charge >= 0.3 is 12.1 Å². The van der Waals surface area contributed by atoms with E-state index in [1.54, 1.807) is 20.8 Å². The fourth-order valence-corrected chi connectivity index (χ4v) is 2.10. The van der Waals surface area contributed by atoms with Crippen LogP contribution in [0, 0.1) is 0 Å². The number of nitrogens with one attached hydrogen (secondary N) is 1. The lowest BCUT2D eigenvalue weighted by atomic mass is 9.99. The molecule has 5 N–H and O–H groups in total. The molecule has 0 fully saturated rings. The van der Waals surface area contributed by atoms with Gasteiger partial charge in [-0.3, -0.25) is 0 Å². The predicted molar refractivity (Wildman–Crippen MR) is 92.0 cm³/mol. The molecule has 1 rings (SSSR count). The van der Waals surface area contributed by atoms with Crippen LogP contribution in [0.15, 0.2) is 18.2 Å². The van der Waals surface area contributed by atoms with Crippen LogP contribution in [0.4, 0.5) is 10.5 Å². The number of nitrogens with two attached hydrogens (primary N) is 1. The third kappa shape index (κ3) is 6.98. The maximum atomic E-state index is 11.6. The summed E-state index contributed by atoms with van der Waals surface area (Å²) >= 11 is 0. The molecule has 0 heterocycles. The monoisotopic (exact) mass is 354 g/mol. The summed E-state index contributed by atoms with van der Waals surface area (Å²) in [6.45, 7) is 5.33. The molecule has 0 radical (unpaired) electrons. The summed E-state index contributed by atoms with van der Waals surface area (Å²) in [5.74, 6) is -0.596. The molecule has 0 aliphatic heterocycles. The summed E-state index contributed by atoms with van der Waals surface area (Å²) in [7, 11) is 1.23. The van der Waals surface area contributed by atoms with E-state index in [2.05, 4.69) is 10.1 Å². The number of nitrogen functional groups attached to an aromatic ring is 1. The van der Waals surface area contributed by atoms with Gasteiger partial charge < -0.3 is 30.7 Å². The van der Waals surface area contributed by atoms with E-state index in [9.17, 15) is 19.8 Å². The van der Waals surface area contributed by atoms with Crippen molar-refractivity contribution in [2.24, 2.45) is 0 Å². The highest BCUT2D eigenvalue weighted by molar-refractivity contribution is 5.90. The first-order chi connectivity index (χ1) is 11.5. The van der Waals surface area contributed by atoms with Crippen molar-refractivity contribution in [1.82, 2.24) is 5.32 Å². The lowest BCUT2D eigenvalue weighted by molar-refractivity contribution is 0.0122. The second kappa shape index (κ2) is 8.68. The van der Waals surface area contributed by atoms with Gasteiger partial charge in [0.2, 0.25) is 0 Å². The third-order valence-electron chi connectivity index (χ3n) is 3.21. The van der Waals surface area contributed by atoms with Gasteiger partial charge in [-0.25, -0.2) is 9.59 Å². The van der Waals surface area contributed by atoms with Crippen molar-refractivity contribution in [3.63, 3.8) is 0 Å². The van der Waals surface area contributed by atoms with Gasteiger partial charge in [0.25, 0.3) is 0 Å². The number of aliphatic hydroxyl groups is 2. The molecule has 0 saturated heterocycles. The molecule has 2 atom stereocenters. The van der Waals surface area contributed by atoms with Crippen LogP contribution in [0.5, 0.6) is 0 Å². The number of aliphatic hydroxyl groups excluding tert-OH is 2. The summed E-state index contributed by atoms with van der Waals surface area (Å²) in [4.78, 5) is 23.1. The van der Waals surface area contributed by atoms with Gasteiger partial charge in [0, 0.05) is 12.2 Å². The summed E-state index contributed by atoms with van der Waals surface area (Å²) in [5.41, 5.74) is 5.82. The molecule has 0 aliphatic rings. The molecule has 0 aromatic heterocycles. The van der Waals surface area contributed by atoms with E-state index in [-0.39, 0.29) is 29.8 Å². The van der Waals surface area contributed by atoms with E-state index in [1.807, 2.05) is 0 Å². The highest BCUT2D eigenvalue weighted by Gasteiger charge is 2.21. The van der Waals surface area contributed by atoms with E-state index in [1.165, 1.54) is 25.3 Å². The number of anilines is 1. The second-order valence-corrected chi connectivity index (χ2v) is 6.61. The van der Waals surface area contributed by atoms with E-state index < -0.39 is 29.9 Å². The van der Waals surface area contributed by atoms with E-state index in [4.69, 9.17) is 10.5 Å². The molecule has 0 saturated carbocycles. The van der Waals surface area contributed by atoms with Gasteiger partial charge in [0.1, 0.15) is 11.7 Å². The van der Waals surface area contributed by atoms with Gasteiger partial charge in [-0.15, -0.1) is 0 Å². The fourth-order valence-electron chi connectivity index (χ4n) is 2.10. The average molecular weight is 354 g/mol. The van der Waals surface area contributed by atoms with Crippen LogP contribution in [0.2, 0.25) is 0 Å². The number of amides is 1. The summed E-state index contributed by atoms with van der Waals surface area (Å²) in [6, 6.07) is 4.28. The summed E-state index contributed by atoms with van der Waals surface area (Å²) < 4.78 is 9.69. The van der Waals surface area contributed by atoms with Crippen molar-refractivity contribution in [2.45, 2.75) is 45.0 Å². The summed E-state index contributed by atoms with van der Waals surface area (Å²) in [5, 5.41) is 22.8. The smallest absolute Gasteiger partial charge is 0.407 e. The summed E-state index contributed by atoms with van der Waals surface area (Å²) in [6.07, 6.45) is -2.95. The number of carbonyl (C=O) groups is 2. The largest absolute Gasteiger partial charge is 0.465 e. The van der Waals surface area contributed by atoms with Crippen LogP contribution in [0.25, 0.3) is 0 Å². The minimum Gasteiger partial charge on any atom is -0.465 e. The molecule has 8 heteroatoms. The number of benzene rings is 1. The zero-order valence-electron chi connectivity index (χ0n) is 14.9. The lowest BCUT2D eigenvalue weighted by Crippen LogP contribution is -2.34. The number of ether oxygens (including phenoxy) is 2. The number of alkyl carbamates (subject to hydrolysis) is 1. The normalized spacial score (nSPS) is 13.7. The van der Waals surface area contributed by atoms with Crippen LogP contribution in [-0.4, -0.2) is 47.6 Å². The molecule has 0 aliphatic carbocycles. The van der Waals surface area contributed by atoms with Gasteiger partial charge in [0.15, 0.2) is 0 Å². The molecule has 8 nitrogen and oxygen atoms in total. The Morgan fingerprint density at radius 2 is 1.88 bits per heavy atom. The Morgan fingerprint density at radius 3 is 2.44 bits per heavy atom. The van der Waals surface area contributed by atoms with Gasteiger partial charge in [-0.2, -0.15) is 0 Å². The first kappa shape index (κ1) is 20.7. The molecule has 1 aromatic carbocycles. The Kier molecular flexibility index (Phi) is 7.20. The zero-order chi connectivity index (χ0) is 19.2. The third-order valence-corrected chi connectivity index (χ3v) is 3.21. The quantitative estimate of drug-likeness (QED) is 0.448. The van der Waals surface area contributed by atoms with Crippen molar-refractivity contribution in [3.05, 3.63) is 29.3 Å². The number of rotatable bonds is 6. The van der Waals surface area contributed by atoms with E-state index in [0.29, 0.717) is 0 Å². The van der Waals surface area contributed by atoms with Crippen LogP contribution in [-0.2, 0) is 9.47 Å². The Labute approximate surface area is 146 Å². The van der Waals surface area contributed by atoms with Gasteiger partial charge in [-0.1, -0.05) is 0 Å². The van der Waals surface area contributed by atoms with Crippen LogP contribution in [0.1, 0.15) is 49.2 Å². The Bertz CT molecular complexity index is 612. The molecule has 0 bridgehead atoms. The Balaban J connectivity index is 2.64. The average Bonchev–Trinajstić information content (AvgIpc) is 2.50. The molecule has 1 amide bonds. The van der Waals surface area contributed by atoms with E-state index >= 15 is 0 Å². The van der Waals surface area contributed by atoms with Crippen LogP contribution in [0.3, 0.4) is 0 Å². The Hall–Kier alpha value is -2.32. The van der Waals surface area contributed by atoms with Crippen molar-refractivity contribution in [3.8, 4) is 0 Å². The zero-order valence-corrected chi connectivity index (χ0v) is 14.9. The number of esters is 1. The maximum Gasteiger partial charge on any atom is 0.407 e. The molecular formula is C17H26N2O6. The second-order valence-electron chi connectivity index (χ2n) is 6.61. The maximum absolute atomic E-state index is 11.6. The number of methoxy groups -OCH3 is 1. The van der Waals surface area contributed by atoms with Gasteiger partial charge in [0.05, 0.1) is 18.8 Å². The minimum atomic E-state index is -1.27. The molecule has 1 aromatic rings. The first-order valence-corrected chi connectivity index (χ1v) is 7.85. The SMILES string of the molecule is COC(=O)c1cc(N)cc(C(O)C(O)CCNC(=O)OC(C)(C)C)c1. The van der Waals surface area contributed by atoms with E-state index in [0.717, 1.165) is 0 Å². The number of hydrogen-bond donors (Lipinski definition) is 4. The van der Waals surface area contributed by atoms with Crippen LogP contribution >= 0.6 is 0 Å². The van der Waals surface area contributed by atoms with Gasteiger partial charge in [-0.05, 0) is 51.0 Å². The highest BCUT2D eigenvalue weighted by Crippen LogP contribution is 2.23. The molecule has 140 valence electrons. The Morgan fingerprint density at radius 1 is 1.24 bits per heavy atom.